The molecule has 1 aliphatic heterocycles. The van der Waals surface area contributed by atoms with Crippen LogP contribution < -0.4 is 11.0 Å². The third kappa shape index (κ3) is 3.23. The zero-order chi connectivity index (χ0) is 22.5. The van der Waals surface area contributed by atoms with Gasteiger partial charge in [-0.3, -0.25) is 23.8 Å². The van der Waals surface area contributed by atoms with Crippen LogP contribution in [0.3, 0.4) is 0 Å². The lowest BCUT2D eigenvalue weighted by Crippen LogP contribution is -2.34. The van der Waals surface area contributed by atoms with Gasteiger partial charge in [0.2, 0.25) is 0 Å². The highest BCUT2D eigenvalue weighted by Crippen LogP contribution is 2.31. The van der Waals surface area contributed by atoms with Gasteiger partial charge in [-0.1, -0.05) is 17.3 Å². The molecule has 4 aromatic heterocycles. The van der Waals surface area contributed by atoms with Crippen LogP contribution in [-0.4, -0.2) is 47.2 Å². The van der Waals surface area contributed by atoms with E-state index in [4.69, 9.17) is 0 Å². The first-order chi connectivity index (χ1) is 16.1. The van der Waals surface area contributed by atoms with Crippen molar-refractivity contribution in [2.45, 2.75) is 18.9 Å². The van der Waals surface area contributed by atoms with E-state index in [1.807, 2.05) is 55.5 Å². The summed E-state index contributed by atoms with van der Waals surface area (Å²) in [5.41, 5.74) is 6.26. The van der Waals surface area contributed by atoms with E-state index in [-0.39, 0.29) is 11.7 Å². The number of benzene rings is 1. The van der Waals surface area contributed by atoms with Crippen LogP contribution >= 0.6 is 0 Å². The predicted molar refractivity (Wildman–Crippen MR) is 127 cm³/mol. The number of piperidine rings is 1. The van der Waals surface area contributed by atoms with Gasteiger partial charge in [0.15, 0.2) is 0 Å². The molecular formula is C24H24N8O. The van der Waals surface area contributed by atoms with Crippen molar-refractivity contribution >= 4 is 21.9 Å². The van der Waals surface area contributed by atoms with E-state index in [0.717, 1.165) is 70.4 Å². The van der Waals surface area contributed by atoms with Crippen molar-refractivity contribution in [3.05, 3.63) is 59.4 Å². The topological polar surface area (TPSA) is 95.5 Å². The summed E-state index contributed by atoms with van der Waals surface area (Å²) in [5, 5.41) is 12.5. The molecule has 5 heterocycles. The molecule has 1 N–H and O–H groups in total. The Morgan fingerprint density at radius 1 is 0.970 bits per heavy atom. The number of hydrogen-bond donors (Lipinski definition) is 1. The lowest BCUT2D eigenvalue weighted by molar-refractivity contribution is 0.366. The van der Waals surface area contributed by atoms with Gasteiger partial charge < -0.3 is 5.32 Å². The number of nitrogens with one attached hydrogen (secondary N) is 1. The van der Waals surface area contributed by atoms with E-state index >= 15 is 0 Å². The van der Waals surface area contributed by atoms with E-state index in [1.165, 1.54) is 0 Å². The molecule has 0 atom stereocenters. The minimum absolute atomic E-state index is 0.0200. The molecule has 33 heavy (non-hydrogen) atoms. The molecule has 9 nitrogen and oxygen atoms in total. The van der Waals surface area contributed by atoms with Crippen molar-refractivity contribution in [3.63, 3.8) is 0 Å². The van der Waals surface area contributed by atoms with Crippen LogP contribution in [0.25, 0.3) is 44.5 Å². The fourth-order valence-electron chi connectivity index (χ4n) is 4.79. The molecule has 5 aromatic rings. The maximum absolute atomic E-state index is 13.2. The molecular weight excluding hydrogens is 416 g/mol. The Labute approximate surface area is 189 Å². The van der Waals surface area contributed by atoms with Crippen LogP contribution in [0.2, 0.25) is 0 Å². The van der Waals surface area contributed by atoms with Gasteiger partial charge in [0.05, 0.1) is 34.6 Å². The molecule has 0 saturated carbocycles. The first-order valence-corrected chi connectivity index (χ1v) is 11.1. The SMILES string of the molecule is Cn1cc(-c2ccc(-c3ccc4ncc5c(c4c3)n(C3CCNCC3)c(=O)n5C)cn2)nn1. The third-order valence-electron chi connectivity index (χ3n) is 6.55. The van der Waals surface area contributed by atoms with Crippen molar-refractivity contribution in [1.29, 1.82) is 0 Å². The fraction of sp³-hybridized carbons (Fsp3) is 0.292. The fourth-order valence-corrected chi connectivity index (χ4v) is 4.79. The molecule has 0 amide bonds. The highest BCUT2D eigenvalue weighted by Gasteiger charge is 2.23. The number of nitrogens with zero attached hydrogens (tertiary/aromatic N) is 7. The smallest absolute Gasteiger partial charge is 0.317 e. The number of fused-ring (bicyclic) bond motifs is 3. The lowest BCUT2D eigenvalue weighted by Gasteiger charge is -2.24. The molecule has 1 aromatic carbocycles. The molecule has 0 radical (unpaired) electrons. The quantitative estimate of drug-likeness (QED) is 0.463. The summed E-state index contributed by atoms with van der Waals surface area (Å²) >= 11 is 0. The van der Waals surface area contributed by atoms with E-state index in [1.54, 1.807) is 9.25 Å². The second kappa shape index (κ2) is 7.63. The third-order valence-corrected chi connectivity index (χ3v) is 6.55. The number of aryl methyl sites for hydroxylation is 2. The standard InChI is InChI=1S/C24H24N8O/c1-30-14-21(28-29-30)20-6-4-16(12-26-20)15-3-5-19-18(11-15)23-22(13-27-19)31(2)24(33)32(23)17-7-9-25-10-8-17/h3-6,11-14,17,25H,7-10H2,1-2H3. The van der Waals surface area contributed by atoms with E-state index < -0.39 is 0 Å². The molecule has 166 valence electrons. The molecule has 0 bridgehead atoms. The summed E-state index contributed by atoms with van der Waals surface area (Å²) in [6.07, 6.45) is 7.39. The number of imidazole rings is 1. The van der Waals surface area contributed by atoms with Gasteiger partial charge in [0.1, 0.15) is 5.69 Å². The molecule has 9 heteroatoms. The molecule has 0 aliphatic carbocycles. The Hall–Kier alpha value is -3.85. The molecule has 0 unspecified atom stereocenters. The van der Waals surface area contributed by atoms with Gasteiger partial charge in [-0.15, -0.1) is 5.10 Å². The minimum Gasteiger partial charge on any atom is -0.317 e. The Morgan fingerprint density at radius 2 is 1.79 bits per heavy atom. The first-order valence-electron chi connectivity index (χ1n) is 11.1. The Bertz CT molecular complexity index is 1540. The average molecular weight is 441 g/mol. The number of rotatable bonds is 3. The Kier molecular flexibility index (Phi) is 4.58. The predicted octanol–water partition coefficient (Wildman–Crippen LogP) is 2.67. The minimum atomic E-state index is 0.0200. The van der Waals surface area contributed by atoms with Gasteiger partial charge >= 0.3 is 5.69 Å². The molecule has 0 spiro atoms. The van der Waals surface area contributed by atoms with Crippen LogP contribution in [0, 0.1) is 0 Å². The molecule has 1 fully saturated rings. The van der Waals surface area contributed by atoms with Gasteiger partial charge in [-0.05, 0) is 49.7 Å². The lowest BCUT2D eigenvalue weighted by atomic mass is 10.0. The van der Waals surface area contributed by atoms with Crippen LogP contribution in [0.5, 0.6) is 0 Å². The summed E-state index contributed by atoms with van der Waals surface area (Å²) in [6, 6.07) is 10.4. The van der Waals surface area contributed by atoms with Crippen LogP contribution in [0.15, 0.2) is 53.7 Å². The Morgan fingerprint density at radius 3 is 2.52 bits per heavy atom. The normalized spacial score (nSPS) is 15.0. The number of pyridine rings is 2. The van der Waals surface area contributed by atoms with Crippen molar-refractivity contribution < 1.29 is 0 Å². The Balaban J connectivity index is 1.50. The maximum atomic E-state index is 13.2. The van der Waals surface area contributed by atoms with E-state index in [9.17, 15) is 4.79 Å². The van der Waals surface area contributed by atoms with Gasteiger partial charge in [-0.25, -0.2) is 4.79 Å². The van der Waals surface area contributed by atoms with Crippen molar-refractivity contribution in [3.8, 4) is 22.5 Å². The van der Waals surface area contributed by atoms with Gasteiger partial charge in [-0.2, -0.15) is 0 Å². The second-order valence-corrected chi connectivity index (χ2v) is 8.63. The molecule has 1 aliphatic rings. The average Bonchev–Trinajstić information content (AvgIpc) is 3.40. The summed E-state index contributed by atoms with van der Waals surface area (Å²) in [4.78, 5) is 22.4. The largest absolute Gasteiger partial charge is 0.329 e. The van der Waals surface area contributed by atoms with E-state index in [0.29, 0.717) is 0 Å². The second-order valence-electron chi connectivity index (χ2n) is 8.63. The van der Waals surface area contributed by atoms with Crippen molar-refractivity contribution in [1.82, 2.24) is 39.4 Å². The summed E-state index contributed by atoms with van der Waals surface area (Å²) in [5.74, 6) is 0. The number of hydrogen-bond acceptors (Lipinski definition) is 6. The zero-order valence-corrected chi connectivity index (χ0v) is 18.6. The summed E-state index contributed by atoms with van der Waals surface area (Å²) in [7, 11) is 3.66. The van der Waals surface area contributed by atoms with Gasteiger partial charge in [0, 0.05) is 37.3 Å². The first kappa shape index (κ1) is 19.8. The number of aromatic nitrogens is 7. The monoisotopic (exact) mass is 440 g/mol. The van der Waals surface area contributed by atoms with Crippen molar-refractivity contribution in [2.24, 2.45) is 14.1 Å². The maximum Gasteiger partial charge on any atom is 0.329 e. The van der Waals surface area contributed by atoms with Crippen LogP contribution in [0.4, 0.5) is 0 Å². The van der Waals surface area contributed by atoms with E-state index in [2.05, 4.69) is 37.7 Å². The highest BCUT2D eigenvalue weighted by molar-refractivity contribution is 6.04. The van der Waals surface area contributed by atoms with Crippen molar-refractivity contribution in [2.75, 3.05) is 13.1 Å². The highest BCUT2D eigenvalue weighted by atomic mass is 16.1. The van der Waals surface area contributed by atoms with Crippen LogP contribution in [0.1, 0.15) is 18.9 Å². The molecule has 6 rings (SSSR count). The van der Waals surface area contributed by atoms with Gasteiger partial charge in [0.25, 0.3) is 0 Å². The molecule has 1 saturated heterocycles. The zero-order valence-electron chi connectivity index (χ0n) is 18.6. The summed E-state index contributed by atoms with van der Waals surface area (Å²) < 4.78 is 5.36. The van der Waals surface area contributed by atoms with Crippen LogP contribution in [-0.2, 0) is 14.1 Å². The summed E-state index contributed by atoms with van der Waals surface area (Å²) in [6.45, 7) is 1.84.